The first-order valence-corrected chi connectivity index (χ1v) is 11.5. The average molecular weight is 467 g/mol. The number of aryl methyl sites for hydroxylation is 1. The Morgan fingerprint density at radius 3 is 2.47 bits per heavy atom. The lowest BCUT2D eigenvalue weighted by molar-refractivity contribution is 0.103. The van der Waals surface area contributed by atoms with Crippen LogP contribution in [0.25, 0.3) is 32.6 Å². The van der Waals surface area contributed by atoms with Crippen LogP contribution in [0.3, 0.4) is 0 Å². The van der Waals surface area contributed by atoms with E-state index in [1.54, 1.807) is 13.3 Å². The van der Waals surface area contributed by atoms with E-state index in [2.05, 4.69) is 10.3 Å². The molecule has 34 heavy (non-hydrogen) atoms. The summed E-state index contributed by atoms with van der Waals surface area (Å²) in [5.41, 5.74) is 11.7. The van der Waals surface area contributed by atoms with Gasteiger partial charge in [-0.3, -0.25) is 4.79 Å². The fourth-order valence-corrected chi connectivity index (χ4v) is 4.84. The molecule has 0 aliphatic rings. The molecule has 7 heteroatoms. The van der Waals surface area contributed by atoms with Gasteiger partial charge in [0.15, 0.2) is 0 Å². The van der Waals surface area contributed by atoms with Gasteiger partial charge in [0.25, 0.3) is 5.91 Å². The maximum absolute atomic E-state index is 13.1. The van der Waals surface area contributed by atoms with E-state index in [1.807, 2.05) is 79.7 Å². The highest BCUT2D eigenvalue weighted by molar-refractivity contribution is 7.21. The number of pyridine rings is 2. The number of hydrogen-bond donors (Lipinski definition) is 2. The Balaban J connectivity index is 1.66. The highest BCUT2D eigenvalue weighted by Crippen LogP contribution is 2.41. The van der Waals surface area contributed by atoms with Crippen LogP contribution in [0.2, 0.25) is 0 Å². The molecule has 0 saturated carbocycles. The number of carbonyl (C=O) groups is 1. The first kappa shape index (κ1) is 21.6. The summed E-state index contributed by atoms with van der Waals surface area (Å²) in [5, 5.41) is 3.62. The Morgan fingerprint density at radius 1 is 1.00 bits per heavy atom. The van der Waals surface area contributed by atoms with Crippen LogP contribution in [0.4, 0.5) is 11.5 Å². The third-order valence-electron chi connectivity index (χ3n) is 5.53. The van der Waals surface area contributed by atoms with E-state index in [-0.39, 0.29) is 5.91 Å². The van der Waals surface area contributed by atoms with Crippen molar-refractivity contribution in [3.63, 3.8) is 0 Å². The Hall–Kier alpha value is -4.23. The Morgan fingerprint density at radius 2 is 1.76 bits per heavy atom. The highest BCUT2D eigenvalue weighted by atomic mass is 32.1. The van der Waals surface area contributed by atoms with Crippen molar-refractivity contribution in [2.24, 2.45) is 0 Å². The fourth-order valence-electron chi connectivity index (χ4n) is 3.82. The lowest BCUT2D eigenvalue weighted by Crippen LogP contribution is -2.13. The number of aromatic nitrogens is 2. The number of benzene rings is 2. The first-order chi connectivity index (χ1) is 16.5. The monoisotopic (exact) mass is 466 g/mol. The molecule has 168 valence electrons. The van der Waals surface area contributed by atoms with Crippen molar-refractivity contribution >= 4 is 39.0 Å². The van der Waals surface area contributed by atoms with Crippen LogP contribution in [-0.2, 0) is 0 Å². The van der Waals surface area contributed by atoms with Crippen LogP contribution in [0.5, 0.6) is 5.75 Å². The third-order valence-corrected chi connectivity index (χ3v) is 6.63. The number of methoxy groups -OCH3 is 1. The molecule has 3 heterocycles. The summed E-state index contributed by atoms with van der Waals surface area (Å²) in [5.74, 6) is 0.942. The van der Waals surface area contributed by atoms with E-state index in [1.165, 1.54) is 11.3 Å². The summed E-state index contributed by atoms with van der Waals surface area (Å²) in [6, 6.07) is 23.4. The predicted octanol–water partition coefficient (Wildman–Crippen LogP) is 6.18. The summed E-state index contributed by atoms with van der Waals surface area (Å²) in [7, 11) is 1.64. The Bertz CT molecular complexity index is 1500. The van der Waals surface area contributed by atoms with Crippen LogP contribution in [0, 0.1) is 6.92 Å². The maximum atomic E-state index is 13.1. The second kappa shape index (κ2) is 8.96. The molecule has 6 nitrogen and oxygen atoms in total. The van der Waals surface area contributed by atoms with Gasteiger partial charge in [0, 0.05) is 17.1 Å². The maximum Gasteiger partial charge on any atom is 0.269 e. The number of nitrogens with two attached hydrogens (primary N) is 1. The molecule has 0 saturated heterocycles. The Kier molecular flexibility index (Phi) is 5.69. The van der Waals surface area contributed by atoms with E-state index in [0.29, 0.717) is 21.2 Å². The van der Waals surface area contributed by atoms with Crippen molar-refractivity contribution in [2.75, 3.05) is 18.2 Å². The number of carbonyl (C=O) groups excluding carboxylic acids is 1. The lowest BCUT2D eigenvalue weighted by Gasteiger charge is -2.10. The normalized spacial score (nSPS) is 10.9. The van der Waals surface area contributed by atoms with Gasteiger partial charge in [-0.2, -0.15) is 0 Å². The summed E-state index contributed by atoms with van der Waals surface area (Å²) >= 11 is 1.28. The number of nitrogen functional groups attached to an aromatic ring is 1. The number of thiophene rings is 1. The van der Waals surface area contributed by atoms with Crippen molar-refractivity contribution in [3.05, 3.63) is 89.4 Å². The zero-order valence-corrected chi connectivity index (χ0v) is 19.5. The van der Waals surface area contributed by atoms with Gasteiger partial charge in [0.2, 0.25) is 0 Å². The highest BCUT2D eigenvalue weighted by Gasteiger charge is 2.22. The summed E-state index contributed by atoms with van der Waals surface area (Å²) in [4.78, 5) is 23.3. The molecule has 5 rings (SSSR count). The van der Waals surface area contributed by atoms with E-state index in [9.17, 15) is 4.79 Å². The molecular formula is C27H22N4O2S. The quantitative estimate of drug-likeness (QED) is 0.323. The van der Waals surface area contributed by atoms with Gasteiger partial charge < -0.3 is 15.8 Å². The molecule has 0 unspecified atom stereocenters. The first-order valence-electron chi connectivity index (χ1n) is 10.7. The summed E-state index contributed by atoms with van der Waals surface area (Å²) < 4.78 is 5.32. The molecule has 0 fully saturated rings. The van der Waals surface area contributed by atoms with Crippen LogP contribution < -0.4 is 15.8 Å². The second-order valence-corrected chi connectivity index (χ2v) is 8.85. The predicted molar refractivity (Wildman–Crippen MR) is 138 cm³/mol. The van der Waals surface area contributed by atoms with Gasteiger partial charge in [-0.25, -0.2) is 9.97 Å². The molecule has 0 radical (unpaired) electrons. The molecule has 0 spiro atoms. The van der Waals surface area contributed by atoms with Crippen molar-refractivity contribution in [1.29, 1.82) is 0 Å². The fraction of sp³-hybridized carbons (Fsp3) is 0.0741. The van der Waals surface area contributed by atoms with Crippen molar-refractivity contribution in [3.8, 4) is 28.1 Å². The summed E-state index contributed by atoms with van der Waals surface area (Å²) in [6.45, 7) is 1.95. The summed E-state index contributed by atoms with van der Waals surface area (Å²) in [6.07, 6.45) is 1.66. The molecule has 0 aliphatic heterocycles. The molecular weight excluding hydrogens is 444 g/mol. The number of nitrogens with one attached hydrogen (secondary N) is 1. The number of ether oxygens (including phenoxy) is 1. The topological polar surface area (TPSA) is 90.1 Å². The SMILES string of the molecule is COc1ccc(-c2cc(-c3ccccc3)nc3sc(C(=O)Nc4cc(C)ccn4)c(N)c23)cc1. The van der Waals surface area contributed by atoms with Crippen LogP contribution in [0.1, 0.15) is 15.2 Å². The van der Waals surface area contributed by atoms with Crippen LogP contribution in [-0.4, -0.2) is 23.0 Å². The van der Waals surface area contributed by atoms with Gasteiger partial charge in [0.05, 0.1) is 18.5 Å². The number of nitrogens with zero attached hydrogens (tertiary/aromatic N) is 2. The molecule has 2 aromatic carbocycles. The van der Waals surface area contributed by atoms with E-state index < -0.39 is 0 Å². The largest absolute Gasteiger partial charge is 0.497 e. The smallest absolute Gasteiger partial charge is 0.269 e. The number of anilines is 2. The minimum absolute atomic E-state index is 0.305. The van der Waals surface area contributed by atoms with Gasteiger partial charge in [-0.05, 0) is 53.9 Å². The van der Waals surface area contributed by atoms with E-state index >= 15 is 0 Å². The third kappa shape index (κ3) is 4.09. The number of rotatable bonds is 5. The van der Waals surface area contributed by atoms with Crippen molar-refractivity contribution < 1.29 is 9.53 Å². The minimum Gasteiger partial charge on any atom is -0.497 e. The molecule has 3 N–H and O–H groups in total. The van der Waals surface area contributed by atoms with Crippen molar-refractivity contribution in [2.45, 2.75) is 6.92 Å². The second-order valence-electron chi connectivity index (χ2n) is 7.85. The minimum atomic E-state index is -0.305. The molecule has 5 aromatic rings. The molecule has 0 aliphatic carbocycles. The number of fused-ring (bicyclic) bond motifs is 1. The van der Waals surface area contributed by atoms with E-state index in [0.717, 1.165) is 39.1 Å². The lowest BCUT2D eigenvalue weighted by atomic mass is 9.99. The average Bonchev–Trinajstić information content (AvgIpc) is 3.20. The van der Waals surface area contributed by atoms with Gasteiger partial charge in [-0.1, -0.05) is 42.5 Å². The Labute approximate surface area is 201 Å². The zero-order chi connectivity index (χ0) is 23.7. The van der Waals surface area contributed by atoms with E-state index in [4.69, 9.17) is 15.5 Å². The molecule has 1 amide bonds. The molecule has 0 bridgehead atoms. The molecule has 3 aromatic heterocycles. The van der Waals surface area contributed by atoms with Gasteiger partial charge >= 0.3 is 0 Å². The van der Waals surface area contributed by atoms with Crippen molar-refractivity contribution in [1.82, 2.24) is 9.97 Å². The van der Waals surface area contributed by atoms with Gasteiger partial charge in [-0.15, -0.1) is 11.3 Å². The van der Waals surface area contributed by atoms with Crippen LogP contribution in [0.15, 0.2) is 79.0 Å². The number of amides is 1. The van der Waals surface area contributed by atoms with Gasteiger partial charge in [0.1, 0.15) is 21.3 Å². The number of hydrogen-bond acceptors (Lipinski definition) is 6. The standard InChI is InChI=1S/C27H22N4O2S/c1-16-12-13-29-22(14-16)31-26(32)25-24(28)23-20(17-8-10-19(33-2)11-9-17)15-21(30-27(23)34-25)18-6-4-3-5-7-18/h3-15H,28H2,1-2H3,(H,29,31,32). The van der Waals surface area contributed by atoms with Crippen LogP contribution >= 0.6 is 11.3 Å². The zero-order valence-electron chi connectivity index (χ0n) is 18.7. The molecule has 0 atom stereocenters.